The van der Waals surface area contributed by atoms with E-state index in [1.54, 1.807) is 0 Å². The highest BCUT2D eigenvalue weighted by Crippen LogP contribution is 2.17. The average Bonchev–Trinajstić information content (AvgIpc) is 2.20. The minimum Gasteiger partial charge on any atom is -0.355 e. The van der Waals surface area contributed by atoms with Crippen molar-refractivity contribution in [1.82, 2.24) is 5.32 Å². The lowest BCUT2D eigenvalue weighted by Crippen LogP contribution is -2.48. The van der Waals surface area contributed by atoms with Gasteiger partial charge in [-0.2, -0.15) is 11.8 Å². The third kappa shape index (κ3) is 7.12. The minimum absolute atomic E-state index is 0.0302. The van der Waals surface area contributed by atoms with Crippen molar-refractivity contribution in [1.29, 1.82) is 0 Å². The summed E-state index contributed by atoms with van der Waals surface area (Å²) >= 11 is 1.87. The molecule has 0 aromatic rings. The Bertz CT molecular complexity index is 202. The third-order valence-corrected chi connectivity index (χ3v) is 3.24. The van der Waals surface area contributed by atoms with Gasteiger partial charge in [0.05, 0.1) is 6.04 Å². The van der Waals surface area contributed by atoms with Crippen LogP contribution in [0.4, 0.5) is 0 Å². The van der Waals surface area contributed by atoms with Crippen LogP contribution in [0.3, 0.4) is 0 Å². The molecule has 0 fully saturated rings. The molecular weight excluding hydrogens is 220 g/mol. The van der Waals surface area contributed by atoms with Crippen molar-refractivity contribution in [3.63, 3.8) is 0 Å². The summed E-state index contributed by atoms with van der Waals surface area (Å²) in [5.74, 6) is 1.17. The van der Waals surface area contributed by atoms with Gasteiger partial charge in [0, 0.05) is 6.54 Å². The maximum Gasteiger partial charge on any atom is 0.237 e. The molecule has 0 aliphatic carbocycles. The maximum atomic E-state index is 11.6. The summed E-state index contributed by atoms with van der Waals surface area (Å²) in [6.07, 6.45) is 5.56. The van der Waals surface area contributed by atoms with E-state index in [2.05, 4.69) is 11.6 Å². The molecule has 4 heteroatoms. The van der Waals surface area contributed by atoms with Crippen molar-refractivity contribution in [2.24, 2.45) is 11.1 Å². The molecule has 1 amide bonds. The van der Waals surface area contributed by atoms with E-state index in [0.717, 1.165) is 13.0 Å². The van der Waals surface area contributed by atoms with Crippen LogP contribution in [0, 0.1) is 5.41 Å². The summed E-state index contributed by atoms with van der Waals surface area (Å²) in [5.41, 5.74) is 5.68. The summed E-state index contributed by atoms with van der Waals surface area (Å²) in [5, 5.41) is 2.90. The molecule has 0 heterocycles. The molecule has 0 bridgehead atoms. The highest BCUT2D eigenvalue weighted by atomic mass is 32.2. The van der Waals surface area contributed by atoms with Crippen LogP contribution >= 0.6 is 11.8 Å². The predicted octanol–water partition coefficient (Wildman–Crippen LogP) is 2.01. The van der Waals surface area contributed by atoms with Crippen LogP contribution in [-0.2, 0) is 4.79 Å². The van der Waals surface area contributed by atoms with Gasteiger partial charge in [-0.25, -0.2) is 0 Å². The molecule has 16 heavy (non-hydrogen) atoms. The fourth-order valence-corrected chi connectivity index (χ4v) is 1.76. The number of rotatable bonds is 7. The molecule has 0 aromatic carbocycles. The van der Waals surface area contributed by atoms with Crippen molar-refractivity contribution >= 4 is 17.7 Å². The van der Waals surface area contributed by atoms with E-state index in [0.29, 0.717) is 0 Å². The van der Waals surface area contributed by atoms with Gasteiger partial charge in [-0.15, -0.1) is 0 Å². The van der Waals surface area contributed by atoms with E-state index in [1.165, 1.54) is 18.6 Å². The van der Waals surface area contributed by atoms with Crippen LogP contribution < -0.4 is 11.1 Å². The zero-order chi connectivity index (χ0) is 12.6. The molecule has 0 aromatic heterocycles. The van der Waals surface area contributed by atoms with Crippen molar-refractivity contribution in [3.05, 3.63) is 0 Å². The first-order valence-corrected chi connectivity index (χ1v) is 7.31. The molecule has 3 N–H and O–H groups in total. The lowest BCUT2D eigenvalue weighted by molar-refractivity contribution is -0.124. The zero-order valence-electron chi connectivity index (χ0n) is 11.0. The SMILES string of the molecule is CSCCCCCNC(=O)[C@@H](N)C(C)(C)C. The Morgan fingerprint density at radius 2 is 1.94 bits per heavy atom. The normalized spacial score (nSPS) is 13.6. The van der Waals surface area contributed by atoms with Crippen LogP contribution in [0.1, 0.15) is 40.0 Å². The molecule has 0 aliphatic heterocycles. The summed E-state index contributed by atoms with van der Waals surface area (Å²) < 4.78 is 0. The minimum atomic E-state index is -0.418. The van der Waals surface area contributed by atoms with Gasteiger partial charge in [0.25, 0.3) is 0 Å². The summed E-state index contributed by atoms with van der Waals surface area (Å²) in [6.45, 7) is 6.69. The van der Waals surface area contributed by atoms with Crippen molar-refractivity contribution in [2.45, 2.75) is 46.1 Å². The van der Waals surface area contributed by atoms with Gasteiger partial charge in [-0.3, -0.25) is 4.79 Å². The molecule has 1 atom stereocenters. The van der Waals surface area contributed by atoms with Crippen LogP contribution in [0.25, 0.3) is 0 Å². The smallest absolute Gasteiger partial charge is 0.237 e. The average molecular weight is 246 g/mol. The molecule has 96 valence electrons. The number of thioether (sulfide) groups is 1. The van der Waals surface area contributed by atoms with Crippen LogP contribution in [0.5, 0.6) is 0 Å². The fourth-order valence-electron chi connectivity index (χ4n) is 1.26. The molecule has 0 unspecified atom stereocenters. The quantitative estimate of drug-likeness (QED) is 0.676. The number of hydrogen-bond donors (Lipinski definition) is 2. The number of nitrogens with one attached hydrogen (secondary N) is 1. The molecule has 0 saturated carbocycles. The van der Waals surface area contributed by atoms with Gasteiger partial charge in [0.15, 0.2) is 0 Å². The van der Waals surface area contributed by atoms with Gasteiger partial charge in [-0.05, 0) is 30.3 Å². The number of nitrogens with two attached hydrogens (primary N) is 1. The fraction of sp³-hybridized carbons (Fsp3) is 0.917. The Labute approximate surface area is 104 Å². The second-order valence-electron chi connectivity index (χ2n) is 5.19. The van der Waals surface area contributed by atoms with Crippen molar-refractivity contribution in [2.75, 3.05) is 18.6 Å². The Morgan fingerprint density at radius 3 is 2.44 bits per heavy atom. The number of amides is 1. The van der Waals surface area contributed by atoms with Gasteiger partial charge in [0.1, 0.15) is 0 Å². The zero-order valence-corrected chi connectivity index (χ0v) is 11.8. The Kier molecular flexibility index (Phi) is 7.85. The first-order chi connectivity index (χ1) is 7.39. The van der Waals surface area contributed by atoms with Gasteiger partial charge < -0.3 is 11.1 Å². The molecular formula is C12H26N2OS. The summed E-state index contributed by atoms with van der Waals surface area (Å²) in [7, 11) is 0. The van der Waals surface area contributed by atoms with Crippen LogP contribution in [0.2, 0.25) is 0 Å². The lowest BCUT2D eigenvalue weighted by Gasteiger charge is -2.25. The van der Waals surface area contributed by atoms with E-state index < -0.39 is 6.04 Å². The summed E-state index contributed by atoms with van der Waals surface area (Å²) in [4.78, 5) is 11.6. The van der Waals surface area contributed by atoms with E-state index in [9.17, 15) is 4.79 Å². The summed E-state index contributed by atoms with van der Waals surface area (Å²) in [6, 6.07) is -0.418. The topological polar surface area (TPSA) is 55.1 Å². The molecule has 0 aliphatic rings. The Morgan fingerprint density at radius 1 is 1.31 bits per heavy atom. The third-order valence-electron chi connectivity index (χ3n) is 2.54. The molecule has 0 saturated heterocycles. The molecule has 0 radical (unpaired) electrons. The maximum absolute atomic E-state index is 11.6. The Balaban J connectivity index is 3.58. The van der Waals surface area contributed by atoms with Gasteiger partial charge >= 0.3 is 0 Å². The number of unbranched alkanes of at least 4 members (excludes halogenated alkanes) is 2. The predicted molar refractivity (Wildman–Crippen MR) is 72.7 cm³/mol. The first-order valence-electron chi connectivity index (χ1n) is 5.92. The largest absolute Gasteiger partial charge is 0.355 e. The number of hydrogen-bond acceptors (Lipinski definition) is 3. The van der Waals surface area contributed by atoms with Crippen LogP contribution in [-0.4, -0.2) is 30.5 Å². The number of carbonyl (C=O) groups excluding carboxylic acids is 1. The molecule has 0 spiro atoms. The second kappa shape index (κ2) is 7.96. The van der Waals surface area contributed by atoms with Crippen LogP contribution in [0.15, 0.2) is 0 Å². The van der Waals surface area contributed by atoms with E-state index in [4.69, 9.17) is 5.73 Å². The molecule has 3 nitrogen and oxygen atoms in total. The van der Waals surface area contributed by atoms with Crippen molar-refractivity contribution < 1.29 is 4.79 Å². The number of carbonyl (C=O) groups is 1. The monoisotopic (exact) mass is 246 g/mol. The molecule has 0 rings (SSSR count). The van der Waals surface area contributed by atoms with E-state index in [1.807, 2.05) is 32.5 Å². The highest BCUT2D eigenvalue weighted by molar-refractivity contribution is 7.98. The van der Waals surface area contributed by atoms with Gasteiger partial charge in [-0.1, -0.05) is 27.2 Å². The lowest BCUT2D eigenvalue weighted by atomic mass is 9.87. The van der Waals surface area contributed by atoms with Crippen molar-refractivity contribution in [3.8, 4) is 0 Å². The van der Waals surface area contributed by atoms with E-state index >= 15 is 0 Å². The van der Waals surface area contributed by atoms with E-state index in [-0.39, 0.29) is 11.3 Å². The Hall–Kier alpha value is -0.220. The van der Waals surface area contributed by atoms with Gasteiger partial charge in [0.2, 0.25) is 5.91 Å². The highest BCUT2D eigenvalue weighted by Gasteiger charge is 2.26. The first kappa shape index (κ1) is 15.8. The second-order valence-corrected chi connectivity index (χ2v) is 6.17. The standard InChI is InChI=1S/C12H26N2OS/c1-12(2,3)10(13)11(15)14-8-6-5-7-9-16-4/h10H,5-9,13H2,1-4H3,(H,14,15)/t10-/m1/s1.